The van der Waals surface area contributed by atoms with Gasteiger partial charge in [0.05, 0.1) is 5.00 Å². The van der Waals surface area contributed by atoms with E-state index in [-0.39, 0.29) is 36.5 Å². The zero-order chi connectivity index (χ0) is 21.5. The van der Waals surface area contributed by atoms with E-state index in [4.69, 9.17) is 4.74 Å². The van der Waals surface area contributed by atoms with Crippen LogP contribution in [0.15, 0.2) is 46.8 Å². The third-order valence-corrected chi connectivity index (χ3v) is 6.47. The van der Waals surface area contributed by atoms with Crippen LogP contribution in [0.4, 0.5) is 5.00 Å². The highest BCUT2D eigenvalue weighted by Gasteiger charge is 2.23. The zero-order valence-corrected chi connectivity index (χ0v) is 21.6. The molecule has 1 saturated carbocycles. The van der Waals surface area contributed by atoms with Crippen molar-refractivity contribution in [2.75, 3.05) is 51.3 Å². The molecule has 1 saturated heterocycles. The maximum Gasteiger partial charge on any atom is 0.258 e. The maximum absolute atomic E-state index is 11.7. The number of amides is 1. The van der Waals surface area contributed by atoms with Gasteiger partial charge in [0, 0.05) is 45.8 Å². The number of anilines is 1. The molecular weight excluding hydrogens is 537 g/mol. The number of rotatable bonds is 8. The second-order valence-corrected chi connectivity index (χ2v) is 8.85. The first-order chi connectivity index (χ1) is 15.2. The highest BCUT2D eigenvalue weighted by atomic mass is 127. The normalized spacial score (nSPS) is 16.3. The number of halogens is 1. The van der Waals surface area contributed by atoms with Gasteiger partial charge in [0.15, 0.2) is 12.6 Å². The second-order valence-electron chi connectivity index (χ2n) is 7.92. The molecule has 2 aliphatic rings. The standard InChI is InChI=1S/C23H31N5O2S.HI/c1-24-23(28-14-12-27(13-15-28)22-3-2-16-31-22)25-11-10-18-4-8-20(9-5-18)30-17-21(29)26-19-6-7-19;/h2-5,8-9,16,19H,6-7,10-15,17H2,1H3,(H,24,25)(H,26,29);1H. The Morgan fingerprint density at radius 3 is 2.53 bits per heavy atom. The van der Waals surface area contributed by atoms with Crippen molar-refractivity contribution in [1.29, 1.82) is 0 Å². The monoisotopic (exact) mass is 569 g/mol. The van der Waals surface area contributed by atoms with Crippen molar-refractivity contribution >= 4 is 52.2 Å². The van der Waals surface area contributed by atoms with Gasteiger partial charge >= 0.3 is 0 Å². The molecule has 174 valence electrons. The molecule has 4 rings (SSSR count). The van der Waals surface area contributed by atoms with Gasteiger partial charge in [-0.15, -0.1) is 35.3 Å². The van der Waals surface area contributed by atoms with E-state index in [1.807, 2.05) is 19.2 Å². The van der Waals surface area contributed by atoms with Crippen molar-refractivity contribution in [1.82, 2.24) is 15.5 Å². The number of piperazine rings is 1. The fraction of sp³-hybridized carbons (Fsp3) is 0.478. The van der Waals surface area contributed by atoms with Crippen molar-refractivity contribution in [2.24, 2.45) is 4.99 Å². The summed E-state index contributed by atoms with van der Waals surface area (Å²) in [6, 6.07) is 12.6. The second kappa shape index (κ2) is 12.3. The van der Waals surface area contributed by atoms with Crippen molar-refractivity contribution in [3.05, 3.63) is 47.3 Å². The molecule has 2 N–H and O–H groups in total. The summed E-state index contributed by atoms with van der Waals surface area (Å²) >= 11 is 1.80. The van der Waals surface area contributed by atoms with Crippen LogP contribution in [0.2, 0.25) is 0 Å². The van der Waals surface area contributed by atoms with E-state index < -0.39 is 0 Å². The number of carbonyl (C=O) groups is 1. The highest BCUT2D eigenvalue weighted by molar-refractivity contribution is 14.0. The Bertz CT molecular complexity index is 863. The molecule has 32 heavy (non-hydrogen) atoms. The van der Waals surface area contributed by atoms with Crippen molar-refractivity contribution in [3.63, 3.8) is 0 Å². The smallest absolute Gasteiger partial charge is 0.258 e. The molecule has 0 bridgehead atoms. The first-order valence-electron chi connectivity index (χ1n) is 11.0. The van der Waals surface area contributed by atoms with E-state index in [2.05, 4.69) is 55.1 Å². The molecule has 1 aliphatic heterocycles. The fourth-order valence-electron chi connectivity index (χ4n) is 3.64. The molecule has 2 aromatic rings. The van der Waals surface area contributed by atoms with Crippen LogP contribution in [-0.4, -0.2) is 69.2 Å². The minimum atomic E-state index is -0.0432. The molecule has 7 nitrogen and oxygen atoms in total. The molecule has 2 fully saturated rings. The number of nitrogens with zero attached hydrogens (tertiary/aromatic N) is 3. The number of hydrogen-bond donors (Lipinski definition) is 2. The first kappa shape index (κ1) is 24.6. The van der Waals surface area contributed by atoms with Crippen LogP contribution in [0.5, 0.6) is 5.75 Å². The summed E-state index contributed by atoms with van der Waals surface area (Å²) in [7, 11) is 1.85. The average Bonchev–Trinajstić information content (AvgIpc) is 3.44. The van der Waals surface area contributed by atoms with E-state index in [0.29, 0.717) is 6.04 Å². The van der Waals surface area contributed by atoms with Gasteiger partial charge in [-0.2, -0.15) is 0 Å². The molecule has 1 aromatic heterocycles. The Morgan fingerprint density at radius 2 is 1.91 bits per heavy atom. The summed E-state index contributed by atoms with van der Waals surface area (Å²) < 4.78 is 5.57. The molecular formula is C23H32IN5O2S. The predicted octanol–water partition coefficient (Wildman–Crippen LogP) is 2.96. The number of carbonyl (C=O) groups excluding carboxylic acids is 1. The van der Waals surface area contributed by atoms with Crippen LogP contribution >= 0.6 is 35.3 Å². The van der Waals surface area contributed by atoms with Crippen LogP contribution in [0.25, 0.3) is 0 Å². The number of aliphatic imine (C=N–C) groups is 1. The highest BCUT2D eigenvalue weighted by Crippen LogP contribution is 2.22. The lowest BCUT2D eigenvalue weighted by molar-refractivity contribution is -0.123. The number of thiophene rings is 1. The Balaban J connectivity index is 0.00000289. The van der Waals surface area contributed by atoms with Gasteiger partial charge in [-0.05, 0) is 54.5 Å². The quantitative estimate of drug-likeness (QED) is 0.291. The minimum Gasteiger partial charge on any atom is -0.484 e. The van der Waals surface area contributed by atoms with Crippen LogP contribution in [-0.2, 0) is 11.2 Å². The van der Waals surface area contributed by atoms with Crippen molar-refractivity contribution < 1.29 is 9.53 Å². The molecule has 0 radical (unpaired) electrons. The number of benzene rings is 1. The number of ether oxygens (including phenoxy) is 1. The zero-order valence-electron chi connectivity index (χ0n) is 18.5. The third kappa shape index (κ3) is 7.26. The topological polar surface area (TPSA) is 69.2 Å². The van der Waals surface area contributed by atoms with Gasteiger partial charge in [0.25, 0.3) is 5.91 Å². The van der Waals surface area contributed by atoms with E-state index in [1.54, 1.807) is 11.3 Å². The molecule has 0 unspecified atom stereocenters. The van der Waals surface area contributed by atoms with Crippen LogP contribution in [0.3, 0.4) is 0 Å². The molecule has 2 heterocycles. The maximum atomic E-state index is 11.7. The van der Waals surface area contributed by atoms with Crippen LogP contribution < -0.4 is 20.3 Å². The first-order valence-corrected chi connectivity index (χ1v) is 11.8. The molecule has 0 atom stereocenters. The summed E-state index contributed by atoms with van der Waals surface area (Å²) in [4.78, 5) is 20.9. The SMILES string of the molecule is CN=C(NCCc1ccc(OCC(=O)NC2CC2)cc1)N1CCN(c2cccs2)CC1.I. The number of hydrogen-bond acceptors (Lipinski definition) is 5. The van der Waals surface area contributed by atoms with Gasteiger partial charge in [-0.3, -0.25) is 9.79 Å². The van der Waals surface area contributed by atoms with Gasteiger partial charge in [-0.1, -0.05) is 12.1 Å². The molecule has 0 spiro atoms. The Labute approximate surface area is 211 Å². The third-order valence-electron chi connectivity index (χ3n) is 5.54. The number of nitrogens with one attached hydrogen (secondary N) is 2. The van der Waals surface area contributed by atoms with Crippen LogP contribution in [0.1, 0.15) is 18.4 Å². The molecule has 1 aromatic carbocycles. The van der Waals surface area contributed by atoms with E-state index in [0.717, 1.165) is 63.7 Å². The summed E-state index contributed by atoms with van der Waals surface area (Å²) in [5.41, 5.74) is 1.22. The van der Waals surface area contributed by atoms with Gasteiger partial charge < -0.3 is 25.2 Å². The summed E-state index contributed by atoms with van der Waals surface area (Å²) in [6.45, 7) is 4.87. The largest absolute Gasteiger partial charge is 0.484 e. The van der Waals surface area contributed by atoms with E-state index in [1.165, 1.54) is 10.6 Å². The molecule has 9 heteroatoms. The Morgan fingerprint density at radius 1 is 1.16 bits per heavy atom. The van der Waals surface area contributed by atoms with Crippen molar-refractivity contribution in [3.8, 4) is 5.75 Å². The van der Waals surface area contributed by atoms with Crippen LogP contribution in [0, 0.1) is 0 Å². The van der Waals surface area contributed by atoms with Gasteiger partial charge in [-0.25, -0.2) is 0 Å². The summed E-state index contributed by atoms with van der Waals surface area (Å²) in [6.07, 6.45) is 3.07. The van der Waals surface area contributed by atoms with Gasteiger partial charge in [0.2, 0.25) is 0 Å². The van der Waals surface area contributed by atoms with E-state index >= 15 is 0 Å². The fourth-order valence-corrected chi connectivity index (χ4v) is 4.42. The predicted molar refractivity (Wildman–Crippen MR) is 142 cm³/mol. The minimum absolute atomic E-state index is 0. The Kier molecular flexibility index (Phi) is 9.46. The lowest BCUT2D eigenvalue weighted by Gasteiger charge is -2.37. The summed E-state index contributed by atoms with van der Waals surface area (Å²) in [5.74, 6) is 1.65. The summed E-state index contributed by atoms with van der Waals surface area (Å²) in [5, 5.41) is 9.90. The average molecular weight is 570 g/mol. The van der Waals surface area contributed by atoms with Gasteiger partial charge in [0.1, 0.15) is 5.75 Å². The van der Waals surface area contributed by atoms with Crippen molar-refractivity contribution in [2.45, 2.75) is 25.3 Å². The molecule has 1 aliphatic carbocycles. The van der Waals surface area contributed by atoms with E-state index in [9.17, 15) is 4.79 Å². The lowest BCUT2D eigenvalue weighted by atomic mass is 10.1. The Hall–Kier alpha value is -2.01. The lowest BCUT2D eigenvalue weighted by Crippen LogP contribution is -2.52. The molecule has 1 amide bonds. The number of guanidine groups is 1.